The fourth-order valence-corrected chi connectivity index (χ4v) is 4.65. The Hall–Kier alpha value is -3.22. The topological polar surface area (TPSA) is 69.8 Å². The van der Waals surface area contributed by atoms with Gasteiger partial charge in [0.2, 0.25) is 0 Å². The molecular weight excluding hydrogens is 404 g/mol. The number of rotatable bonds is 7. The normalized spacial score (nSPS) is 13.1. The molecule has 1 aromatic carbocycles. The van der Waals surface area contributed by atoms with Gasteiger partial charge in [-0.05, 0) is 47.7 Å². The smallest absolute Gasteiger partial charge is 0.253 e. The van der Waals surface area contributed by atoms with Gasteiger partial charge in [0.05, 0.1) is 11.3 Å². The molecule has 0 radical (unpaired) electrons. The van der Waals surface area contributed by atoms with Crippen LogP contribution in [-0.2, 0) is 19.4 Å². The molecule has 4 aromatic rings. The molecule has 0 fully saturated rings. The van der Waals surface area contributed by atoms with Crippen molar-refractivity contribution in [2.24, 2.45) is 0 Å². The van der Waals surface area contributed by atoms with Crippen LogP contribution in [0.15, 0.2) is 66.2 Å². The van der Waals surface area contributed by atoms with E-state index in [1.54, 1.807) is 11.3 Å². The van der Waals surface area contributed by atoms with Crippen molar-refractivity contribution in [1.29, 1.82) is 0 Å². The molecule has 1 aliphatic heterocycles. The third kappa shape index (κ3) is 4.45. The largest absolute Gasteiger partial charge is 0.358 e. The van der Waals surface area contributed by atoms with Crippen LogP contribution in [0.5, 0.6) is 0 Å². The molecule has 0 saturated carbocycles. The number of nitrogens with zero attached hydrogens (tertiary/aromatic N) is 1. The second-order valence-electron chi connectivity index (χ2n) is 7.72. The predicted molar refractivity (Wildman–Crippen MR) is 125 cm³/mol. The van der Waals surface area contributed by atoms with Gasteiger partial charge in [-0.1, -0.05) is 24.3 Å². The highest BCUT2D eigenvalue weighted by Gasteiger charge is 2.20. The highest BCUT2D eigenvalue weighted by molar-refractivity contribution is 7.09. The summed E-state index contributed by atoms with van der Waals surface area (Å²) in [6.45, 7) is 2.47. The zero-order valence-corrected chi connectivity index (χ0v) is 18.0. The molecule has 31 heavy (non-hydrogen) atoms. The number of carbonyl (C=O) groups excluding carboxylic acids is 1. The highest BCUT2D eigenvalue weighted by Crippen LogP contribution is 2.27. The standard InChI is InChI=1S/C25H24N4OS/c30-25-21-15-24(29-22(21)8-11-28-25)19-6-10-27-23(14-19)18-4-1-3-17(13-18)16-26-9-7-20-5-2-12-31-20/h1-6,10,12-15,26,29H,7-9,11,16H2,(H,28,30). The van der Waals surface area contributed by atoms with Crippen LogP contribution in [0.25, 0.3) is 22.5 Å². The zero-order chi connectivity index (χ0) is 21.0. The lowest BCUT2D eigenvalue weighted by molar-refractivity contribution is 0.0946. The molecule has 3 N–H and O–H groups in total. The Labute approximate surface area is 185 Å². The van der Waals surface area contributed by atoms with Gasteiger partial charge in [-0.15, -0.1) is 11.3 Å². The summed E-state index contributed by atoms with van der Waals surface area (Å²) in [5.41, 5.74) is 7.00. The Morgan fingerprint density at radius 3 is 2.90 bits per heavy atom. The molecule has 0 saturated heterocycles. The molecule has 0 aliphatic carbocycles. The number of nitrogens with one attached hydrogen (secondary N) is 3. The molecule has 156 valence electrons. The number of aromatic amines is 1. The molecular formula is C25H24N4OS. The molecule has 3 aromatic heterocycles. The SMILES string of the molecule is O=C1NCCc2[nH]c(-c3ccnc(-c4cccc(CNCCc5cccs5)c4)c3)cc21. The van der Waals surface area contributed by atoms with Crippen LogP contribution in [-0.4, -0.2) is 29.0 Å². The Balaban J connectivity index is 1.30. The number of hydrogen-bond donors (Lipinski definition) is 3. The Morgan fingerprint density at radius 1 is 1.06 bits per heavy atom. The minimum Gasteiger partial charge on any atom is -0.358 e. The predicted octanol–water partition coefficient (Wildman–Crippen LogP) is 4.42. The van der Waals surface area contributed by atoms with E-state index in [-0.39, 0.29) is 5.91 Å². The number of H-pyrrole nitrogens is 1. The van der Waals surface area contributed by atoms with Crippen molar-refractivity contribution < 1.29 is 4.79 Å². The van der Waals surface area contributed by atoms with Gasteiger partial charge in [-0.3, -0.25) is 9.78 Å². The second-order valence-corrected chi connectivity index (χ2v) is 8.75. The first-order valence-corrected chi connectivity index (χ1v) is 11.4. The molecule has 1 aliphatic rings. The summed E-state index contributed by atoms with van der Waals surface area (Å²) in [5.74, 6) is -0.00249. The molecule has 0 spiro atoms. The molecule has 1 amide bonds. The maximum atomic E-state index is 12.1. The van der Waals surface area contributed by atoms with Gasteiger partial charge in [-0.25, -0.2) is 0 Å². The van der Waals surface area contributed by atoms with Crippen molar-refractivity contribution >= 4 is 17.2 Å². The van der Waals surface area contributed by atoms with Gasteiger partial charge < -0.3 is 15.6 Å². The summed E-state index contributed by atoms with van der Waals surface area (Å²) in [6.07, 6.45) is 3.72. The number of aromatic nitrogens is 2. The molecule has 5 rings (SSSR count). The van der Waals surface area contributed by atoms with Crippen LogP contribution in [0.1, 0.15) is 26.5 Å². The third-order valence-electron chi connectivity index (χ3n) is 5.56. The van der Waals surface area contributed by atoms with Crippen molar-refractivity contribution in [2.75, 3.05) is 13.1 Å². The summed E-state index contributed by atoms with van der Waals surface area (Å²) in [6, 6.07) is 18.8. The summed E-state index contributed by atoms with van der Waals surface area (Å²) < 4.78 is 0. The highest BCUT2D eigenvalue weighted by atomic mass is 32.1. The number of benzene rings is 1. The minimum absolute atomic E-state index is 0.00249. The van der Waals surface area contributed by atoms with E-state index in [2.05, 4.69) is 68.4 Å². The molecule has 6 heteroatoms. The molecule has 0 unspecified atom stereocenters. The van der Waals surface area contributed by atoms with Gasteiger partial charge >= 0.3 is 0 Å². The summed E-state index contributed by atoms with van der Waals surface area (Å²) >= 11 is 1.80. The molecule has 4 heterocycles. The van der Waals surface area contributed by atoms with E-state index in [4.69, 9.17) is 0 Å². The van der Waals surface area contributed by atoms with Crippen molar-refractivity contribution in [3.8, 4) is 22.5 Å². The number of thiophene rings is 1. The van der Waals surface area contributed by atoms with Crippen molar-refractivity contribution in [3.63, 3.8) is 0 Å². The Morgan fingerprint density at radius 2 is 2.03 bits per heavy atom. The van der Waals surface area contributed by atoms with Crippen molar-refractivity contribution in [2.45, 2.75) is 19.4 Å². The quantitative estimate of drug-likeness (QED) is 0.382. The van der Waals surface area contributed by atoms with E-state index in [0.717, 1.165) is 59.7 Å². The van der Waals surface area contributed by atoms with Crippen LogP contribution in [0.4, 0.5) is 0 Å². The first-order chi connectivity index (χ1) is 15.3. The number of amides is 1. The fraction of sp³-hybridized carbons (Fsp3) is 0.200. The number of carbonyl (C=O) groups is 1. The van der Waals surface area contributed by atoms with E-state index in [0.29, 0.717) is 6.54 Å². The Kier molecular flexibility index (Phi) is 5.65. The number of pyridine rings is 1. The average Bonchev–Trinajstić information content (AvgIpc) is 3.48. The van der Waals surface area contributed by atoms with Gasteiger partial charge in [0.1, 0.15) is 0 Å². The lowest BCUT2D eigenvalue weighted by Crippen LogP contribution is -2.31. The third-order valence-corrected chi connectivity index (χ3v) is 6.49. The minimum atomic E-state index is -0.00249. The van der Waals surface area contributed by atoms with E-state index >= 15 is 0 Å². The van der Waals surface area contributed by atoms with E-state index in [1.807, 2.05) is 18.3 Å². The van der Waals surface area contributed by atoms with Crippen LogP contribution < -0.4 is 10.6 Å². The lowest BCUT2D eigenvalue weighted by atomic mass is 10.0. The van der Waals surface area contributed by atoms with Crippen LogP contribution in [0, 0.1) is 0 Å². The van der Waals surface area contributed by atoms with Crippen molar-refractivity contribution in [3.05, 3.63) is 87.9 Å². The lowest BCUT2D eigenvalue weighted by Gasteiger charge is -2.11. The summed E-state index contributed by atoms with van der Waals surface area (Å²) in [5, 5.41) is 8.55. The van der Waals surface area contributed by atoms with E-state index in [1.165, 1.54) is 10.4 Å². The fourth-order valence-electron chi connectivity index (χ4n) is 3.94. The maximum Gasteiger partial charge on any atom is 0.253 e. The first kappa shape index (κ1) is 19.7. The first-order valence-electron chi connectivity index (χ1n) is 10.6. The van der Waals surface area contributed by atoms with Gasteiger partial charge in [-0.2, -0.15) is 0 Å². The van der Waals surface area contributed by atoms with E-state index < -0.39 is 0 Å². The average molecular weight is 429 g/mol. The summed E-state index contributed by atoms with van der Waals surface area (Å²) in [7, 11) is 0. The molecule has 0 bridgehead atoms. The van der Waals surface area contributed by atoms with Crippen LogP contribution in [0.2, 0.25) is 0 Å². The van der Waals surface area contributed by atoms with Gasteiger partial charge in [0.15, 0.2) is 0 Å². The second kappa shape index (κ2) is 8.88. The van der Waals surface area contributed by atoms with Gasteiger partial charge in [0, 0.05) is 59.6 Å². The van der Waals surface area contributed by atoms with Crippen molar-refractivity contribution in [1.82, 2.24) is 20.6 Å². The van der Waals surface area contributed by atoms with Gasteiger partial charge in [0.25, 0.3) is 5.91 Å². The Bertz CT molecular complexity index is 1200. The molecule has 0 atom stereocenters. The maximum absolute atomic E-state index is 12.1. The van der Waals surface area contributed by atoms with Crippen LogP contribution in [0.3, 0.4) is 0 Å². The number of hydrogen-bond acceptors (Lipinski definition) is 4. The zero-order valence-electron chi connectivity index (χ0n) is 17.2. The van der Waals surface area contributed by atoms with E-state index in [9.17, 15) is 4.79 Å². The number of fused-ring (bicyclic) bond motifs is 1. The monoisotopic (exact) mass is 428 g/mol. The molecule has 5 nitrogen and oxygen atoms in total. The van der Waals surface area contributed by atoms with Crippen LogP contribution >= 0.6 is 11.3 Å². The summed E-state index contributed by atoms with van der Waals surface area (Å²) in [4.78, 5) is 21.5.